The molecule has 2 N–H and O–H groups in total. The first-order valence-electron chi connectivity index (χ1n) is 9.48. The third-order valence-corrected chi connectivity index (χ3v) is 7.28. The van der Waals surface area contributed by atoms with E-state index in [-0.39, 0.29) is 11.6 Å². The number of carbonyl (C=O) groups excluding carboxylic acids is 1. The van der Waals surface area contributed by atoms with Gasteiger partial charge in [-0.15, -0.1) is 23.1 Å². The molecule has 1 aliphatic carbocycles. The lowest BCUT2D eigenvalue weighted by atomic mass is 9.78. The van der Waals surface area contributed by atoms with Gasteiger partial charge in [-0.2, -0.15) is 5.26 Å². The molecule has 4 rings (SSSR count). The zero-order valence-corrected chi connectivity index (χ0v) is 17.6. The number of thioether (sulfide) groups is 1. The fourth-order valence-electron chi connectivity index (χ4n) is 4.03. The van der Waals surface area contributed by atoms with Crippen molar-refractivity contribution in [1.82, 2.24) is 0 Å². The maximum atomic E-state index is 13.5. The summed E-state index contributed by atoms with van der Waals surface area (Å²) in [6.45, 7) is 2.08. The van der Waals surface area contributed by atoms with Gasteiger partial charge in [0.05, 0.1) is 17.6 Å². The molecule has 1 unspecified atom stereocenters. The Morgan fingerprint density at radius 1 is 1.31 bits per heavy atom. The highest BCUT2D eigenvalue weighted by Crippen LogP contribution is 2.49. The summed E-state index contributed by atoms with van der Waals surface area (Å²) in [4.78, 5) is 16.9. The highest BCUT2D eigenvalue weighted by atomic mass is 32.2. The first-order valence-corrected chi connectivity index (χ1v) is 11.3. The van der Waals surface area contributed by atoms with Crippen LogP contribution < -0.4 is 10.6 Å². The normalized spacial score (nSPS) is 19.4. The third-order valence-electron chi connectivity index (χ3n) is 5.22. The Balaban J connectivity index is 1.94. The molecule has 1 atom stereocenters. The number of hydrogen-bond donors (Lipinski definition) is 1. The topological polar surface area (TPSA) is 70.1 Å². The molecule has 0 amide bonds. The number of rotatable bonds is 4. The number of hydrogen-bond acceptors (Lipinski definition) is 6. The van der Waals surface area contributed by atoms with E-state index >= 15 is 0 Å². The summed E-state index contributed by atoms with van der Waals surface area (Å²) in [5.41, 5.74) is 9.04. The van der Waals surface area contributed by atoms with Crippen LogP contribution in [-0.2, 0) is 4.79 Å². The molecular weight excluding hydrogens is 405 g/mol. The molecule has 1 aromatic heterocycles. The first-order chi connectivity index (χ1) is 14.1. The molecule has 0 spiro atoms. The average Bonchev–Trinajstić information content (AvgIpc) is 3.16. The number of ketones is 1. The maximum absolute atomic E-state index is 13.5. The number of nitrogens with zero attached hydrogens (tertiary/aromatic N) is 2. The number of carbonyl (C=O) groups is 1. The zero-order chi connectivity index (χ0) is 20.5. The summed E-state index contributed by atoms with van der Waals surface area (Å²) >= 11 is 3.26. The van der Waals surface area contributed by atoms with Crippen molar-refractivity contribution < 1.29 is 9.18 Å². The third kappa shape index (κ3) is 3.37. The van der Waals surface area contributed by atoms with Crippen molar-refractivity contribution >= 4 is 34.6 Å². The molecule has 2 heterocycles. The lowest BCUT2D eigenvalue weighted by Crippen LogP contribution is -2.38. The second-order valence-electron chi connectivity index (χ2n) is 6.87. The van der Waals surface area contributed by atoms with Gasteiger partial charge in [0, 0.05) is 33.2 Å². The smallest absolute Gasteiger partial charge is 0.161 e. The van der Waals surface area contributed by atoms with Crippen LogP contribution in [0.5, 0.6) is 0 Å². The summed E-state index contributed by atoms with van der Waals surface area (Å²) < 4.78 is 13.5. The summed E-state index contributed by atoms with van der Waals surface area (Å²) in [7, 11) is 0. The number of allylic oxidation sites excluding steroid dienone is 3. The minimum absolute atomic E-state index is 0.0597. The van der Waals surface area contributed by atoms with E-state index in [0.717, 1.165) is 27.6 Å². The number of halogens is 1. The molecule has 29 heavy (non-hydrogen) atoms. The van der Waals surface area contributed by atoms with E-state index < -0.39 is 5.92 Å². The second-order valence-corrected chi connectivity index (χ2v) is 9.13. The number of Topliss-reactive ketones (excluding diaryl/α,β-unsaturated/α-hetero) is 1. The molecule has 148 valence electrons. The molecule has 0 bridgehead atoms. The van der Waals surface area contributed by atoms with Gasteiger partial charge in [0.15, 0.2) is 5.78 Å². The van der Waals surface area contributed by atoms with Crippen LogP contribution in [0.3, 0.4) is 0 Å². The van der Waals surface area contributed by atoms with Crippen LogP contribution in [0, 0.1) is 17.1 Å². The van der Waals surface area contributed by atoms with Gasteiger partial charge >= 0.3 is 0 Å². The van der Waals surface area contributed by atoms with Crippen LogP contribution in [0.15, 0.2) is 63.3 Å². The van der Waals surface area contributed by atoms with E-state index in [4.69, 9.17) is 5.73 Å². The molecule has 0 fully saturated rings. The number of anilines is 1. The molecule has 1 aliphatic heterocycles. The van der Waals surface area contributed by atoms with Gasteiger partial charge in [0.1, 0.15) is 11.6 Å². The monoisotopic (exact) mass is 425 g/mol. The lowest BCUT2D eigenvalue weighted by molar-refractivity contribution is -0.116. The molecular formula is C22H20FN3OS2. The Kier molecular flexibility index (Phi) is 5.48. The van der Waals surface area contributed by atoms with Crippen LogP contribution >= 0.6 is 23.1 Å². The molecule has 2 aromatic rings. The van der Waals surface area contributed by atoms with Crippen molar-refractivity contribution in [1.29, 1.82) is 5.26 Å². The molecule has 0 saturated carbocycles. The van der Waals surface area contributed by atoms with Crippen LogP contribution in [-0.4, -0.2) is 11.5 Å². The second kappa shape index (κ2) is 8.05. The minimum Gasteiger partial charge on any atom is -0.384 e. The van der Waals surface area contributed by atoms with E-state index in [1.54, 1.807) is 40.1 Å². The summed E-state index contributed by atoms with van der Waals surface area (Å²) in [6.07, 6.45) is 1.89. The number of nitrogens with two attached hydrogens (primary N) is 1. The Labute approximate surface area is 177 Å². The number of thiophene rings is 1. The summed E-state index contributed by atoms with van der Waals surface area (Å²) in [5, 5.41) is 12.0. The van der Waals surface area contributed by atoms with Crippen LogP contribution in [0.1, 0.15) is 37.0 Å². The molecule has 7 heteroatoms. The van der Waals surface area contributed by atoms with Gasteiger partial charge in [-0.05, 0) is 54.3 Å². The van der Waals surface area contributed by atoms with Crippen molar-refractivity contribution in [2.45, 2.75) is 37.0 Å². The Morgan fingerprint density at radius 2 is 2.07 bits per heavy atom. The van der Waals surface area contributed by atoms with Gasteiger partial charge in [-0.1, -0.05) is 6.92 Å². The maximum Gasteiger partial charge on any atom is 0.161 e. The van der Waals surface area contributed by atoms with Crippen molar-refractivity contribution in [2.75, 3.05) is 10.7 Å². The highest BCUT2D eigenvalue weighted by Gasteiger charge is 2.41. The predicted octanol–water partition coefficient (Wildman–Crippen LogP) is 5.30. The molecule has 1 aromatic carbocycles. The minimum atomic E-state index is -0.437. The average molecular weight is 426 g/mol. The Hall–Kier alpha value is -2.56. The zero-order valence-electron chi connectivity index (χ0n) is 15.9. The number of nitriles is 1. The van der Waals surface area contributed by atoms with Gasteiger partial charge in [-0.25, -0.2) is 4.39 Å². The Bertz CT molecular complexity index is 1060. The van der Waals surface area contributed by atoms with Gasteiger partial charge in [-0.3, -0.25) is 9.69 Å². The van der Waals surface area contributed by atoms with Crippen LogP contribution in [0.25, 0.3) is 0 Å². The van der Waals surface area contributed by atoms with E-state index in [1.807, 2.05) is 11.4 Å². The van der Waals surface area contributed by atoms with E-state index in [2.05, 4.69) is 13.0 Å². The van der Waals surface area contributed by atoms with Gasteiger partial charge < -0.3 is 5.73 Å². The van der Waals surface area contributed by atoms with Gasteiger partial charge in [0.25, 0.3) is 0 Å². The summed E-state index contributed by atoms with van der Waals surface area (Å²) in [5.74, 6) is 0.496. The molecule has 0 saturated heterocycles. The fourth-order valence-corrected chi connectivity index (χ4v) is 6.08. The lowest BCUT2D eigenvalue weighted by Gasteiger charge is -2.39. The highest BCUT2D eigenvalue weighted by molar-refractivity contribution is 7.99. The van der Waals surface area contributed by atoms with Crippen LogP contribution in [0.2, 0.25) is 0 Å². The molecule has 0 radical (unpaired) electrons. The standard InChI is InChI=1S/C22H20FN3OS2/c1-2-28-18-10-11-29-21(18)19-15(12-24)22(25)26(14-8-6-13(23)7-9-14)16-4-3-5-17(27)20(16)19/h6-11,19H,2-5,25H2,1H3. The van der Waals surface area contributed by atoms with Crippen molar-refractivity contribution in [3.8, 4) is 6.07 Å². The number of benzene rings is 1. The Morgan fingerprint density at radius 3 is 2.76 bits per heavy atom. The quantitative estimate of drug-likeness (QED) is 0.673. The first kappa shape index (κ1) is 19.7. The largest absolute Gasteiger partial charge is 0.384 e. The van der Waals surface area contributed by atoms with E-state index in [1.165, 1.54) is 12.1 Å². The molecule has 4 nitrogen and oxygen atoms in total. The van der Waals surface area contributed by atoms with Crippen molar-refractivity contribution in [3.05, 3.63) is 69.1 Å². The van der Waals surface area contributed by atoms with Crippen molar-refractivity contribution in [3.63, 3.8) is 0 Å². The SMILES string of the molecule is CCSc1ccsc1C1C(C#N)=C(N)N(c2ccc(F)cc2)C2=C1C(=O)CCC2. The fraction of sp³-hybridized carbons (Fsp3) is 0.273. The van der Waals surface area contributed by atoms with E-state index in [0.29, 0.717) is 35.5 Å². The van der Waals surface area contributed by atoms with Crippen molar-refractivity contribution in [2.24, 2.45) is 5.73 Å². The summed E-state index contributed by atoms with van der Waals surface area (Å²) in [6, 6.07) is 10.3. The predicted molar refractivity (Wildman–Crippen MR) is 115 cm³/mol. The molecule has 2 aliphatic rings. The van der Waals surface area contributed by atoms with Gasteiger partial charge in [0.2, 0.25) is 0 Å². The van der Waals surface area contributed by atoms with Crippen LogP contribution in [0.4, 0.5) is 10.1 Å². The van der Waals surface area contributed by atoms with E-state index in [9.17, 15) is 14.4 Å².